The maximum Gasteiger partial charge on any atom is 0.211 e. The Morgan fingerprint density at radius 3 is 2.89 bits per heavy atom. The number of morpholine rings is 1. The van der Waals surface area contributed by atoms with Crippen LogP contribution in [0.5, 0.6) is 0 Å². The van der Waals surface area contributed by atoms with E-state index >= 15 is 0 Å². The van der Waals surface area contributed by atoms with Crippen LogP contribution >= 0.6 is 22.9 Å². The number of fused-ring (bicyclic) bond motifs is 1. The molecule has 0 aliphatic carbocycles. The molecule has 2 aliphatic rings. The summed E-state index contributed by atoms with van der Waals surface area (Å²) in [6.45, 7) is 4.38. The van der Waals surface area contributed by atoms with Gasteiger partial charge in [0.1, 0.15) is 6.67 Å². The first kappa shape index (κ1) is 12.2. The summed E-state index contributed by atoms with van der Waals surface area (Å²) in [6.07, 6.45) is 0.893. The van der Waals surface area contributed by atoms with Gasteiger partial charge in [0.15, 0.2) is 0 Å². The molecule has 3 rings (SSSR count). The highest BCUT2D eigenvalue weighted by Crippen LogP contribution is 2.37. The SMILES string of the molecule is O=CN1Cc2sc(Cl)cc2N(N2CCOCC2)C1. The van der Waals surface area contributed by atoms with Gasteiger partial charge in [-0.05, 0) is 6.07 Å². The minimum absolute atomic E-state index is 0.587. The van der Waals surface area contributed by atoms with E-state index in [0.29, 0.717) is 13.2 Å². The highest BCUT2D eigenvalue weighted by atomic mass is 35.5. The van der Waals surface area contributed by atoms with Crippen LogP contribution in [0.15, 0.2) is 6.07 Å². The van der Waals surface area contributed by atoms with Gasteiger partial charge in [-0.3, -0.25) is 9.80 Å². The van der Waals surface area contributed by atoms with Crippen LogP contribution in [0, 0.1) is 0 Å². The molecule has 7 heteroatoms. The van der Waals surface area contributed by atoms with Gasteiger partial charge < -0.3 is 9.64 Å². The zero-order valence-corrected chi connectivity index (χ0v) is 11.4. The van der Waals surface area contributed by atoms with E-state index < -0.39 is 0 Å². The number of anilines is 1. The monoisotopic (exact) mass is 287 g/mol. The summed E-state index contributed by atoms with van der Waals surface area (Å²) in [5, 5.41) is 4.36. The Labute approximate surface area is 114 Å². The van der Waals surface area contributed by atoms with E-state index in [-0.39, 0.29) is 0 Å². The molecule has 0 N–H and O–H groups in total. The Morgan fingerprint density at radius 2 is 2.17 bits per heavy atom. The molecule has 5 nitrogen and oxygen atoms in total. The molecule has 1 saturated heterocycles. The van der Waals surface area contributed by atoms with Crippen molar-refractivity contribution in [3.63, 3.8) is 0 Å². The number of halogens is 1. The van der Waals surface area contributed by atoms with Gasteiger partial charge in [-0.1, -0.05) is 11.6 Å². The number of amides is 1. The zero-order valence-electron chi connectivity index (χ0n) is 9.84. The lowest BCUT2D eigenvalue weighted by molar-refractivity contribution is -0.119. The Morgan fingerprint density at radius 1 is 1.39 bits per heavy atom. The Hall–Kier alpha value is -0.820. The van der Waals surface area contributed by atoms with Gasteiger partial charge in [0.05, 0.1) is 34.7 Å². The average molecular weight is 288 g/mol. The van der Waals surface area contributed by atoms with Crippen LogP contribution in [0.1, 0.15) is 4.88 Å². The molecular weight excluding hydrogens is 274 g/mol. The van der Waals surface area contributed by atoms with Gasteiger partial charge >= 0.3 is 0 Å². The van der Waals surface area contributed by atoms with Crippen LogP contribution in [0.2, 0.25) is 4.34 Å². The van der Waals surface area contributed by atoms with Crippen molar-refractivity contribution in [1.29, 1.82) is 0 Å². The number of ether oxygens (including phenoxy) is 1. The predicted octanol–water partition coefficient (Wildman–Crippen LogP) is 1.38. The highest BCUT2D eigenvalue weighted by molar-refractivity contribution is 7.16. The second kappa shape index (κ2) is 5.05. The number of hydrazine groups is 1. The first-order valence-electron chi connectivity index (χ1n) is 5.85. The van der Waals surface area contributed by atoms with Crippen molar-refractivity contribution in [3.05, 3.63) is 15.3 Å². The lowest BCUT2D eigenvalue weighted by atomic mass is 10.3. The first-order chi connectivity index (χ1) is 8.78. The third kappa shape index (κ3) is 2.21. The maximum atomic E-state index is 11.0. The van der Waals surface area contributed by atoms with Gasteiger partial charge in [0, 0.05) is 13.1 Å². The van der Waals surface area contributed by atoms with Crippen molar-refractivity contribution in [2.45, 2.75) is 6.54 Å². The molecule has 0 atom stereocenters. The van der Waals surface area contributed by atoms with Crippen LogP contribution in [0.4, 0.5) is 5.69 Å². The maximum absolute atomic E-state index is 11.0. The molecular formula is C11H14ClN3O2S. The second-order valence-electron chi connectivity index (χ2n) is 4.32. The van der Waals surface area contributed by atoms with Gasteiger partial charge in [-0.25, -0.2) is 5.01 Å². The number of thiophene rings is 1. The van der Waals surface area contributed by atoms with E-state index in [0.717, 1.165) is 47.6 Å². The van der Waals surface area contributed by atoms with Crippen LogP contribution in [-0.2, 0) is 16.1 Å². The molecule has 0 bridgehead atoms. The van der Waals surface area contributed by atoms with Crippen molar-refractivity contribution < 1.29 is 9.53 Å². The van der Waals surface area contributed by atoms with Gasteiger partial charge in [-0.15, -0.1) is 11.3 Å². The van der Waals surface area contributed by atoms with Crippen LogP contribution < -0.4 is 5.01 Å². The van der Waals surface area contributed by atoms with E-state index in [1.165, 1.54) is 0 Å². The van der Waals surface area contributed by atoms with Crippen molar-refractivity contribution in [3.8, 4) is 0 Å². The molecule has 1 aromatic heterocycles. The summed E-state index contributed by atoms with van der Waals surface area (Å²) < 4.78 is 6.13. The fourth-order valence-corrected chi connectivity index (χ4v) is 3.60. The Bertz CT molecular complexity index is 447. The zero-order chi connectivity index (χ0) is 12.5. The molecule has 1 aromatic rings. The summed E-state index contributed by atoms with van der Waals surface area (Å²) in [6, 6.07) is 1.99. The van der Waals surface area contributed by atoms with Gasteiger partial charge in [0.2, 0.25) is 6.41 Å². The summed E-state index contributed by atoms with van der Waals surface area (Å²) in [4.78, 5) is 13.9. The summed E-state index contributed by atoms with van der Waals surface area (Å²) >= 11 is 7.63. The number of carbonyl (C=O) groups is 1. The Kier molecular flexibility index (Phi) is 3.43. The van der Waals surface area contributed by atoms with E-state index in [9.17, 15) is 4.79 Å². The van der Waals surface area contributed by atoms with E-state index in [4.69, 9.17) is 16.3 Å². The van der Waals surface area contributed by atoms with Crippen LogP contribution in [0.3, 0.4) is 0 Å². The van der Waals surface area contributed by atoms with E-state index in [1.54, 1.807) is 16.2 Å². The van der Waals surface area contributed by atoms with Crippen molar-refractivity contribution in [2.75, 3.05) is 38.0 Å². The molecule has 0 unspecified atom stereocenters. The number of hydrogen-bond acceptors (Lipinski definition) is 5. The fraction of sp³-hybridized carbons (Fsp3) is 0.545. The van der Waals surface area contributed by atoms with Gasteiger partial charge in [-0.2, -0.15) is 0 Å². The summed E-state index contributed by atoms with van der Waals surface area (Å²) in [5.74, 6) is 0. The topological polar surface area (TPSA) is 36.0 Å². The second-order valence-corrected chi connectivity index (χ2v) is 6.09. The standard InChI is InChI=1S/C11H14ClN3O2S/c12-11-5-9-10(18-11)6-13(8-16)7-15(9)14-1-3-17-4-2-14/h5,8H,1-4,6-7H2. The Balaban J connectivity index is 1.89. The normalized spacial score (nSPS) is 20.9. The third-order valence-electron chi connectivity index (χ3n) is 3.17. The van der Waals surface area contributed by atoms with Crippen LogP contribution in [0.25, 0.3) is 0 Å². The van der Waals surface area contributed by atoms with Crippen molar-refractivity contribution >= 4 is 35.0 Å². The summed E-state index contributed by atoms with van der Waals surface area (Å²) in [5.41, 5.74) is 1.13. The molecule has 18 heavy (non-hydrogen) atoms. The largest absolute Gasteiger partial charge is 0.379 e. The van der Waals surface area contributed by atoms with E-state index in [2.05, 4.69) is 10.0 Å². The van der Waals surface area contributed by atoms with Crippen molar-refractivity contribution in [2.24, 2.45) is 0 Å². The van der Waals surface area contributed by atoms with E-state index in [1.807, 2.05) is 6.07 Å². The van der Waals surface area contributed by atoms with Gasteiger partial charge in [0.25, 0.3) is 0 Å². The molecule has 2 aliphatic heterocycles. The molecule has 1 fully saturated rings. The first-order valence-corrected chi connectivity index (χ1v) is 7.05. The average Bonchev–Trinajstić information content (AvgIpc) is 2.78. The molecule has 98 valence electrons. The minimum Gasteiger partial charge on any atom is -0.379 e. The lowest BCUT2D eigenvalue weighted by Crippen LogP contribution is -2.54. The molecule has 0 radical (unpaired) electrons. The number of carbonyl (C=O) groups excluding carboxylic acids is 1. The molecule has 3 heterocycles. The molecule has 0 spiro atoms. The molecule has 1 amide bonds. The quantitative estimate of drug-likeness (QED) is 0.770. The van der Waals surface area contributed by atoms with Crippen LogP contribution in [-0.4, -0.2) is 49.3 Å². The minimum atomic E-state index is 0.587. The predicted molar refractivity (Wildman–Crippen MR) is 70.7 cm³/mol. The smallest absolute Gasteiger partial charge is 0.211 e. The molecule has 0 saturated carbocycles. The fourth-order valence-electron chi connectivity index (χ4n) is 2.31. The number of nitrogens with zero attached hydrogens (tertiary/aromatic N) is 3. The number of hydrogen-bond donors (Lipinski definition) is 0. The highest BCUT2D eigenvalue weighted by Gasteiger charge is 2.29. The number of rotatable bonds is 2. The molecule has 0 aromatic carbocycles. The lowest BCUT2D eigenvalue weighted by Gasteiger charge is -2.43. The third-order valence-corrected chi connectivity index (χ3v) is 4.41. The van der Waals surface area contributed by atoms with Crippen molar-refractivity contribution in [1.82, 2.24) is 9.91 Å². The summed E-state index contributed by atoms with van der Waals surface area (Å²) in [7, 11) is 0.